The van der Waals surface area contributed by atoms with Crippen LogP contribution in [0.15, 0.2) is 37.3 Å². The highest BCUT2D eigenvalue weighted by Crippen LogP contribution is 2.25. The molecule has 0 aliphatic heterocycles. The standard InChI is InChI=1S/C21H28N6/c1-6-9-26(5)10-7-18-13-24-27-11-8-17(12-20(18)27)15(2)19-14-23-21(22-4)25-16(19)3/h8,11-14H,2,6-7,9-10H2,1,3-5H3,(H,22,23,25). The van der Waals surface area contributed by atoms with E-state index in [1.54, 1.807) is 0 Å². The van der Waals surface area contributed by atoms with Gasteiger partial charge in [-0.25, -0.2) is 14.5 Å². The maximum atomic E-state index is 4.49. The number of anilines is 1. The van der Waals surface area contributed by atoms with E-state index in [1.165, 1.54) is 12.0 Å². The Balaban J connectivity index is 1.87. The first kappa shape index (κ1) is 19.0. The lowest BCUT2D eigenvalue weighted by atomic mass is 10.00. The Labute approximate surface area is 161 Å². The summed E-state index contributed by atoms with van der Waals surface area (Å²) >= 11 is 0. The molecule has 27 heavy (non-hydrogen) atoms. The van der Waals surface area contributed by atoms with Gasteiger partial charge < -0.3 is 10.2 Å². The van der Waals surface area contributed by atoms with Crippen LogP contribution in [-0.4, -0.2) is 51.7 Å². The fourth-order valence-corrected chi connectivity index (χ4v) is 3.26. The average molecular weight is 364 g/mol. The predicted octanol–water partition coefficient (Wildman–Crippen LogP) is 3.42. The second-order valence-electron chi connectivity index (χ2n) is 6.89. The minimum absolute atomic E-state index is 0.619. The largest absolute Gasteiger partial charge is 0.357 e. The highest BCUT2D eigenvalue weighted by atomic mass is 15.2. The van der Waals surface area contributed by atoms with Crippen LogP contribution in [0.3, 0.4) is 0 Å². The molecule has 0 aliphatic rings. The van der Waals surface area contributed by atoms with Gasteiger partial charge in [0.2, 0.25) is 5.95 Å². The molecule has 0 amide bonds. The van der Waals surface area contributed by atoms with Gasteiger partial charge in [-0.05, 0) is 62.2 Å². The lowest BCUT2D eigenvalue weighted by Gasteiger charge is -2.14. The molecule has 3 rings (SSSR count). The molecule has 3 aromatic rings. The van der Waals surface area contributed by atoms with Gasteiger partial charge in [0.15, 0.2) is 0 Å². The van der Waals surface area contributed by atoms with Crippen LogP contribution < -0.4 is 5.32 Å². The molecule has 6 nitrogen and oxygen atoms in total. The van der Waals surface area contributed by atoms with Crippen LogP contribution in [0, 0.1) is 6.92 Å². The van der Waals surface area contributed by atoms with Crippen LogP contribution in [0.5, 0.6) is 0 Å². The molecule has 1 N–H and O–H groups in total. The molecule has 0 fully saturated rings. The first-order valence-electron chi connectivity index (χ1n) is 9.39. The number of hydrogen-bond acceptors (Lipinski definition) is 5. The molecule has 6 heteroatoms. The van der Waals surface area contributed by atoms with Gasteiger partial charge >= 0.3 is 0 Å². The highest BCUT2D eigenvalue weighted by Gasteiger charge is 2.12. The van der Waals surface area contributed by atoms with E-state index in [1.807, 2.05) is 43.1 Å². The van der Waals surface area contributed by atoms with E-state index in [4.69, 9.17) is 0 Å². The van der Waals surface area contributed by atoms with Gasteiger partial charge in [-0.15, -0.1) is 0 Å². The number of aromatic nitrogens is 4. The van der Waals surface area contributed by atoms with Crippen molar-refractivity contribution in [3.8, 4) is 0 Å². The smallest absolute Gasteiger partial charge is 0.222 e. The van der Waals surface area contributed by atoms with Crippen molar-refractivity contribution >= 4 is 17.0 Å². The van der Waals surface area contributed by atoms with Gasteiger partial charge in [0, 0.05) is 31.5 Å². The molecule has 0 aromatic carbocycles. The third-order valence-electron chi connectivity index (χ3n) is 4.85. The summed E-state index contributed by atoms with van der Waals surface area (Å²) in [6.07, 6.45) is 7.95. The summed E-state index contributed by atoms with van der Waals surface area (Å²) in [6.45, 7) is 10.6. The van der Waals surface area contributed by atoms with Crippen LogP contribution in [0.25, 0.3) is 11.1 Å². The van der Waals surface area contributed by atoms with Crippen LogP contribution in [-0.2, 0) is 6.42 Å². The molecule has 0 saturated carbocycles. The maximum Gasteiger partial charge on any atom is 0.222 e. The molecule has 0 spiro atoms. The number of likely N-dealkylation sites (N-methyl/N-ethyl adjacent to an activating group) is 1. The highest BCUT2D eigenvalue weighted by molar-refractivity contribution is 5.81. The first-order chi connectivity index (χ1) is 13.0. The lowest BCUT2D eigenvalue weighted by molar-refractivity contribution is 0.339. The number of pyridine rings is 1. The summed E-state index contributed by atoms with van der Waals surface area (Å²) in [5.74, 6) is 0.619. The van der Waals surface area contributed by atoms with Crippen molar-refractivity contribution in [1.82, 2.24) is 24.5 Å². The summed E-state index contributed by atoms with van der Waals surface area (Å²) in [7, 11) is 3.98. The topological polar surface area (TPSA) is 58.4 Å². The van der Waals surface area contributed by atoms with Crippen molar-refractivity contribution in [2.24, 2.45) is 0 Å². The number of hydrogen-bond donors (Lipinski definition) is 1. The van der Waals surface area contributed by atoms with Crippen molar-refractivity contribution in [3.05, 3.63) is 59.7 Å². The second-order valence-corrected chi connectivity index (χ2v) is 6.89. The van der Waals surface area contributed by atoms with Gasteiger partial charge in [-0.2, -0.15) is 5.10 Å². The summed E-state index contributed by atoms with van der Waals surface area (Å²) < 4.78 is 1.93. The quantitative estimate of drug-likeness (QED) is 0.664. The van der Waals surface area contributed by atoms with Gasteiger partial charge in [-0.3, -0.25) is 0 Å². The molecule has 142 valence electrons. The predicted molar refractivity (Wildman–Crippen MR) is 111 cm³/mol. The van der Waals surface area contributed by atoms with Crippen molar-refractivity contribution in [2.45, 2.75) is 26.7 Å². The minimum atomic E-state index is 0.619. The van der Waals surface area contributed by atoms with Crippen molar-refractivity contribution in [1.29, 1.82) is 0 Å². The minimum Gasteiger partial charge on any atom is -0.357 e. The Morgan fingerprint density at radius 2 is 2.11 bits per heavy atom. The van der Waals surface area contributed by atoms with E-state index in [0.29, 0.717) is 5.95 Å². The number of nitrogens with one attached hydrogen (secondary N) is 1. The molecule has 0 radical (unpaired) electrons. The van der Waals surface area contributed by atoms with Crippen molar-refractivity contribution < 1.29 is 0 Å². The van der Waals surface area contributed by atoms with Crippen LogP contribution in [0.2, 0.25) is 0 Å². The second kappa shape index (κ2) is 8.31. The van der Waals surface area contributed by atoms with Crippen LogP contribution in [0.1, 0.15) is 35.7 Å². The molecule has 0 aliphatic carbocycles. The molecular weight excluding hydrogens is 336 g/mol. The molecule has 0 saturated heterocycles. The van der Waals surface area contributed by atoms with Gasteiger partial charge in [-0.1, -0.05) is 13.5 Å². The number of nitrogens with zero attached hydrogens (tertiary/aromatic N) is 5. The van der Waals surface area contributed by atoms with E-state index in [0.717, 1.165) is 47.4 Å². The van der Waals surface area contributed by atoms with Gasteiger partial charge in [0.25, 0.3) is 0 Å². The normalized spacial score (nSPS) is 11.3. The Hall–Kier alpha value is -2.73. The van der Waals surface area contributed by atoms with E-state index >= 15 is 0 Å². The number of rotatable bonds is 8. The molecular formula is C21H28N6. The molecule has 0 atom stereocenters. The Kier molecular flexibility index (Phi) is 5.86. The van der Waals surface area contributed by atoms with Crippen molar-refractivity contribution in [3.63, 3.8) is 0 Å². The Bertz CT molecular complexity index is 943. The SMILES string of the molecule is C=C(c1ccn2ncc(CCN(C)CCC)c2c1)c1cnc(NC)nc1C. The van der Waals surface area contributed by atoms with Crippen LogP contribution in [0.4, 0.5) is 5.95 Å². The van der Waals surface area contributed by atoms with Crippen molar-refractivity contribution in [2.75, 3.05) is 32.5 Å². The molecule has 0 unspecified atom stereocenters. The first-order valence-corrected chi connectivity index (χ1v) is 9.39. The fraction of sp³-hybridized carbons (Fsp3) is 0.381. The monoisotopic (exact) mass is 364 g/mol. The van der Waals surface area contributed by atoms with E-state index in [2.05, 4.69) is 51.9 Å². The molecule has 3 heterocycles. The van der Waals surface area contributed by atoms with Crippen LogP contribution >= 0.6 is 0 Å². The van der Waals surface area contributed by atoms with E-state index < -0.39 is 0 Å². The third-order valence-corrected chi connectivity index (χ3v) is 4.85. The van der Waals surface area contributed by atoms with E-state index in [9.17, 15) is 0 Å². The lowest BCUT2D eigenvalue weighted by Crippen LogP contribution is -2.21. The zero-order chi connectivity index (χ0) is 19.4. The maximum absolute atomic E-state index is 4.49. The Morgan fingerprint density at radius 3 is 2.81 bits per heavy atom. The number of aryl methyl sites for hydroxylation is 1. The Morgan fingerprint density at radius 1 is 1.30 bits per heavy atom. The summed E-state index contributed by atoms with van der Waals surface area (Å²) in [5.41, 5.74) is 6.24. The van der Waals surface area contributed by atoms with Gasteiger partial charge in [0.1, 0.15) is 0 Å². The summed E-state index contributed by atoms with van der Waals surface area (Å²) in [6, 6.07) is 4.21. The summed E-state index contributed by atoms with van der Waals surface area (Å²) in [4.78, 5) is 11.2. The van der Waals surface area contributed by atoms with E-state index in [-0.39, 0.29) is 0 Å². The fourth-order valence-electron chi connectivity index (χ4n) is 3.26. The molecule has 0 bridgehead atoms. The number of fused-ring (bicyclic) bond motifs is 1. The summed E-state index contributed by atoms with van der Waals surface area (Å²) in [5, 5.41) is 7.46. The zero-order valence-electron chi connectivity index (χ0n) is 16.7. The average Bonchev–Trinajstić information content (AvgIpc) is 3.08. The van der Waals surface area contributed by atoms with Gasteiger partial charge in [0.05, 0.1) is 17.4 Å². The third kappa shape index (κ3) is 4.17. The zero-order valence-corrected chi connectivity index (χ0v) is 16.7. The molecule has 3 aromatic heterocycles.